The van der Waals surface area contributed by atoms with E-state index in [4.69, 9.17) is 173 Å². The monoisotopic (exact) mass is 782 g/mol. The largest absolute Gasteiger partial charge is 0.136 e. The van der Waals surface area contributed by atoms with Gasteiger partial charge in [-0.05, 0) is 76.5 Å². The van der Waals surface area contributed by atoms with Crippen LogP contribution < -0.4 is 120 Å². The second kappa shape index (κ2) is 15.9. The third-order valence-electron chi connectivity index (χ3n) is 12.7. The molecule has 8 aromatic carbocycles. The molecule has 1 heterocycles. The van der Waals surface area contributed by atoms with Crippen molar-refractivity contribution in [1.29, 1.82) is 0 Å². The van der Waals surface area contributed by atoms with E-state index in [0.717, 1.165) is 0 Å². The van der Waals surface area contributed by atoms with Crippen molar-refractivity contribution in [3.63, 3.8) is 0 Å². The van der Waals surface area contributed by atoms with Crippen molar-refractivity contribution in [2.24, 2.45) is 0 Å². The summed E-state index contributed by atoms with van der Waals surface area (Å²) in [4.78, 5) is 0. The number of hydrogen-bond acceptors (Lipinski definition) is 1. The Kier molecular flexibility index (Phi) is 11.3. The highest BCUT2D eigenvalue weighted by molar-refractivity contribution is 7.28. The molecule has 0 aliphatic carbocycles. The van der Waals surface area contributed by atoms with Gasteiger partial charge in [-0.25, -0.2) is 0 Å². The lowest BCUT2D eigenvalue weighted by atomic mass is 9.56. The average Bonchev–Trinajstić information content (AvgIpc) is 3.70. The van der Waals surface area contributed by atoms with Gasteiger partial charge in [0.05, 0.1) is 0 Å². The summed E-state index contributed by atoms with van der Waals surface area (Å²) in [6.07, 6.45) is 0. The van der Waals surface area contributed by atoms with Gasteiger partial charge in [0.25, 0.3) is 0 Å². The normalized spacial score (nSPS) is 11.8. The van der Waals surface area contributed by atoms with Crippen molar-refractivity contribution in [3.05, 3.63) is 24.3 Å². The maximum absolute atomic E-state index is 7.01. The van der Waals surface area contributed by atoms with Crippen molar-refractivity contribution in [3.8, 4) is 33.4 Å². The zero-order chi connectivity index (χ0) is 47.5. The quantitative estimate of drug-likeness (QED) is 0.124. The Morgan fingerprint density at radius 2 is 0.431 bits per heavy atom. The molecule has 44 radical (unpaired) electrons. The van der Waals surface area contributed by atoms with E-state index in [9.17, 15) is 0 Å². The zero-order valence-corrected chi connectivity index (χ0v) is 35.2. The molecular weight excluding hydrogens is 774 g/mol. The maximum Gasteiger partial charge on any atom is 0.116 e. The van der Waals surface area contributed by atoms with Gasteiger partial charge in [0, 0.05) is 9.40 Å². The molecule has 0 bridgehead atoms. The smallest absolute Gasteiger partial charge is 0.116 e. The fraction of sp³-hybridized carbons (Fsp3) is 0. The fourth-order valence-corrected chi connectivity index (χ4v) is 10.4. The number of benzene rings is 8. The Morgan fingerprint density at radius 1 is 0.185 bits per heavy atom. The molecule has 0 unspecified atom stereocenters. The van der Waals surface area contributed by atoms with Crippen molar-refractivity contribution in [2.75, 3.05) is 0 Å². The number of thiophene rings is 1. The minimum atomic E-state index is -0.0816. The standard InChI is InChI=1S/C42H4B22S/c43-19-8(30(54)41-17(28(19)52)18-29(53)38(62)39(63)40(64)42(18)65-41)6-3-1-5(2-4-6)7-10-12(23(47)34(58)32(56)20(10)44)9(13-11(7)21(45)33(57)35(59)24(13)48)14-15-16(26(50)31(55)22(14)46)27(51)37(61)36(60)25(15)49/h1-4H. The van der Waals surface area contributed by atoms with Crippen molar-refractivity contribution >= 4 is 357 Å². The molecular formula is C42H4B22S. The molecule has 0 saturated carbocycles. The van der Waals surface area contributed by atoms with Crippen LogP contribution in [-0.4, -0.2) is 173 Å². The zero-order valence-electron chi connectivity index (χ0n) is 34.4. The van der Waals surface area contributed by atoms with E-state index in [2.05, 4.69) is 0 Å². The second-order valence-electron chi connectivity index (χ2n) is 15.9. The summed E-state index contributed by atoms with van der Waals surface area (Å²) < 4.78 is 1.12. The molecule has 0 spiro atoms. The van der Waals surface area contributed by atoms with Crippen LogP contribution in [-0.2, 0) is 0 Å². The van der Waals surface area contributed by atoms with Crippen molar-refractivity contribution < 1.29 is 0 Å². The number of hydrogen-bond donors (Lipinski definition) is 0. The summed E-state index contributed by atoms with van der Waals surface area (Å²) in [5.74, 6) is 0. The van der Waals surface area contributed by atoms with Gasteiger partial charge < -0.3 is 0 Å². The predicted octanol–water partition coefficient (Wildman–Crippen LogP) is -14.0. The van der Waals surface area contributed by atoms with Gasteiger partial charge in [-0.3, -0.25) is 0 Å². The Labute approximate surface area is 411 Å². The molecule has 1 aromatic heterocycles. The molecule has 9 aromatic rings. The summed E-state index contributed by atoms with van der Waals surface area (Å²) in [5, 5.41) is 2.18. The summed E-state index contributed by atoms with van der Waals surface area (Å²) in [7, 11) is 147. The molecule has 0 N–H and O–H groups in total. The average molecular weight is 778 g/mol. The molecule has 23 heteroatoms. The van der Waals surface area contributed by atoms with Gasteiger partial charge in [-0.1, -0.05) is 95.3 Å². The van der Waals surface area contributed by atoms with Gasteiger partial charge in [0.1, 0.15) is 173 Å². The molecule has 0 saturated heterocycles. The number of fused-ring (bicyclic) bond motifs is 6. The highest BCUT2D eigenvalue weighted by atomic mass is 32.1. The highest BCUT2D eigenvalue weighted by Crippen LogP contribution is 2.42. The summed E-state index contributed by atoms with van der Waals surface area (Å²) in [6, 6.07) is 7.07. The van der Waals surface area contributed by atoms with Crippen molar-refractivity contribution in [2.45, 2.75) is 0 Å². The van der Waals surface area contributed by atoms with Crippen LogP contribution in [0, 0.1) is 0 Å². The Morgan fingerprint density at radius 3 is 0.831 bits per heavy atom. The van der Waals surface area contributed by atoms with Crippen LogP contribution in [0.3, 0.4) is 0 Å². The summed E-state index contributed by atoms with van der Waals surface area (Å²) in [5.41, 5.74) is 2.91. The first kappa shape index (κ1) is 46.3. The van der Waals surface area contributed by atoms with Crippen molar-refractivity contribution in [1.82, 2.24) is 0 Å². The predicted molar refractivity (Wildman–Crippen MR) is 307 cm³/mol. The minimum Gasteiger partial charge on any atom is -0.136 e. The topological polar surface area (TPSA) is 0 Å². The van der Waals surface area contributed by atoms with Gasteiger partial charge in [0.15, 0.2) is 0 Å². The van der Waals surface area contributed by atoms with E-state index >= 15 is 0 Å². The first-order valence-electron chi connectivity index (χ1n) is 19.3. The highest BCUT2D eigenvalue weighted by Gasteiger charge is 2.28. The molecule has 0 aliphatic rings. The molecule has 244 valence electrons. The summed E-state index contributed by atoms with van der Waals surface area (Å²) in [6.45, 7) is 0. The summed E-state index contributed by atoms with van der Waals surface area (Å²) >= 11 is 1.25. The lowest BCUT2D eigenvalue weighted by Crippen LogP contribution is -2.53. The van der Waals surface area contributed by atoms with Gasteiger partial charge in [-0.2, -0.15) is 0 Å². The van der Waals surface area contributed by atoms with E-state index in [0.29, 0.717) is 47.9 Å². The fourth-order valence-electron chi connectivity index (χ4n) is 9.18. The second-order valence-corrected chi connectivity index (χ2v) is 17.0. The van der Waals surface area contributed by atoms with E-state index in [-0.39, 0.29) is 158 Å². The van der Waals surface area contributed by atoms with E-state index in [1.807, 2.05) is 0 Å². The minimum absolute atomic E-state index is 0.00104. The van der Waals surface area contributed by atoms with Crippen LogP contribution in [0.4, 0.5) is 0 Å². The van der Waals surface area contributed by atoms with E-state index in [1.54, 1.807) is 24.3 Å². The lowest BCUT2D eigenvalue weighted by Gasteiger charge is -2.31. The maximum atomic E-state index is 7.01. The SMILES string of the molecule is [B]c1c([B])c([B])c2c(sc3c([B])c(-c4ccc(-c5c6c([B])c([B])c([B])c([B])c6c(-c6c([B])c([B])c([B])c7c([B])c([B])c([B])c([B])c67)c6c([B])c([B])c([B])c([B])c56)cc4)c([B])c([B])c32)c1[B]. The molecule has 0 amide bonds. The van der Waals surface area contributed by atoms with Crippen LogP contribution in [0.5, 0.6) is 0 Å². The number of rotatable bonds is 3. The molecule has 65 heavy (non-hydrogen) atoms. The third kappa shape index (κ3) is 6.14. The van der Waals surface area contributed by atoms with Gasteiger partial charge in [0.2, 0.25) is 0 Å². The Balaban J connectivity index is 1.44. The van der Waals surface area contributed by atoms with E-state index < -0.39 is 0 Å². The molecule has 0 fully saturated rings. The molecule has 0 nitrogen and oxygen atoms in total. The van der Waals surface area contributed by atoms with Crippen LogP contribution >= 0.6 is 11.3 Å². The van der Waals surface area contributed by atoms with Crippen LogP contribution in [0.25, 0.3) is 85.9 Å². The van der Waals surface area contributed by atoms with Crippen LogP contribution in [0.1, 0.15) is 0 Å². The first-order chi connectivity index (χ1) is 30.5. The molecule has 0 aliphatic heterocycles. The first-order valence-corrected chi connectivity index (χ1v) is 20.1. The Bertz CT molecular complexity index is 3640. The van der Waals surface area contributed by atoms with E-state index in [1.165, 1.54) is 11.3 Å². The van der Waals surface area contributed by atoms with Crippen LogP contribution in [0.15, 0.2) is 24.3 Å². The lowest BCUT2D eigenvalue weighted by molar-refractivity contribution is 1.68. The van der Waals surface area contributed by atoms with Crippen LogP contribution in [0.2, 0.25) is 0 Å². The molecule has 0 atom stereocenters. The molecule has 9 rings (SSSR count). The third-order valence-corrected chi connectivity index (χ3v) is 14.0. The van der Waals surface area contributed by atoms with Gasteiger partial charge in [-0.15, -0.1) is 60.5 Å². The van der Waals surface area contributed by atoms with Gasteiger partial charge >= 0.3 is 0 Å². The Hall–Kier alpha value is -3.81.